The minimum atomic E-state index is -0.931. The molecule has 0 aliphatic carbocycles. The smallest absolute Gasteiger partial charge is 0.335 e. The summed E-state index contributed by atoms with van der Waals surface area (Å²) in [6.45, 7) is 4.20. The second-order valence-corrected chi connectivity index (χ2v) is 5.00. The number of anilines is 1. The predicted molar refractivity (Wildman–Crippen MR) is 69.0 cm³/mol. The number of carbonyl (C=O) groups is 1. The highest BCUT2D eigenvalue weighted by atomic mass is 35.5. The van der Waals surface area contributed by atoms with Gasteiger partial charge in [0.15, 0.2) is 0 Å². The Hall–Kier alpha value is -1.22. The molecule has 2 rings (SSSR count). The van der Waals surface area contributed by atoms with E-state index in [0.717, 1.165) is 24.7 Å². The first-order chi connectivity index (χ1) is 8.10. The highest BCUT2D eigenvalue weighted by Gasteiger charge is 2.26. The molecular formula is C13H16ClNO2. The quantitative estimate of drug-likeness (QED) is 0.895. The van der Waals surface area contributed by atoms with Gasteiger partial charge >= 0.3 is 5.97 Å². The second-order valence-electron chi connectivity index (χ2n) is 4.56. The number of nitrogens with zero attached hydrogens (tertiary/aromatic N) is 1. The standard InChI is InChI=1S/C13H16ClNO2/c1-2-3-9-7-15(8-9)12-5-10(13(16)17)4-11(14)6-12/h4-6,9H,2-3,7-8H2,1H3,(H,16,17). The maximum absolute atomic E-state index is 10.9. The van der Waals surface area contributed by atoms with E-state index in [4.69, 9.17) is 16.7 Å². The van der Waals surface area contributed by atoms with Crippen LogP contribution in [-0.2, 0) is 0 Å². The maximum Gasteiger partial charge on any atom is 0.335 e. The second kappa shape index (κ2) is 4.96. The fourth-order valence-corrected chi connectivity index (χ4v) is 2.48. The SMILES string of the molecule is CCCC1CN(c2cc(Cl)cc(C(=O)O)c2)C1. The molecule has 1 aliphatic heterocycles. The molecule has 0 saturated carbocycles. The summed E-state index contributed by atoms with van der Waals surface area (Å²) in [6.07, 6.45) is 2.44. The predicted octanol–water partition coefficient (Wildman–Crippen LogP) is 3.27. The van der Waals surface area contributed by atoms with Crippen LogP contribution in [0.3, 0.4) is 0 Å². The van der Waals surface area contributed by atoms with Crippen molar-refractivity contribution in [2.75, 3.05) is 18.0 Å². The van der Waals surface area contributed by atoms with Gasteiger partial charge in [-0.05, 0) is 30.5 Å². The molecule has 1 fully saturated rings. The van der Waals surface area contributed by atoms with Crippen LogP contribution in [0.4, 0.5) is 5.69 Å². The summed E-state index contributed by atoms with van der Waals surface area (Å²) >= 11 is 5.93. The van der Waals surface area contributed by atoms with Crippen LogP contribution in [-0.4, -0.2) is 24.2 Å². The first kappa shape index (κ1) is 12.2. The van der Waals surface area contributed by atoms with E-state index in [2.05, 4.69) is 11.8 Å². The van der Waals surface area contributed by atoms with Gasteiger partial charge in [0.2, 0.25) is 0 Å². The van der Waals surface area contributed by atoms with Crippen LogP contribution >= 0.6 is 11.6 Å². The number of hydrogen-bond donors (Lipinski definition) is 1. The Morgan fingerprint density at radius 2 is 2.18 bits per heavy atom. The number of carboxylic acid groups (broad SMARTS) is 1. The van der Waals surface area contributed by atoms with Crippen molar-refractivity contribution in [3.8, 4) is 0 Å². The summed E-state index contributed by atoms with van der Waals surface area (Å²) < 4.78 is 0. The molecule has 4 heteroatoms. The minimum Gasteiger partial charge on any atom is -0.478 e. The lowest BCUT2D eigenvalue weighted by Crippen LogP contribution is -2.46. The van der Waals surface area contributed by atoms with Crippen LogP contribution in [0.25, 0.3) is 0 Å². The van der Waals surface area contributed by atoms with Crippen LogP contribution in [0.2, 0.25) is 5.02 Å². The zero-order valence-electron chi connectivity index (χ0n) is 9.82. The van der Waals surface area contributed by atoms with Crippen molar-refractivity contribution in [3.63, 3.8) is 0 Å². The van der Waals surface area contributed by atoms with E-state index in [-0.39, 0.29) is 5.56 Å². The van der Waals surface area contributed by atoms with Gasteiger partial charge in [-0.3, -0.25) is 0 Å². The topological polar surface area (TPSA) is 40.5 Å². The molecule has 92 valence electrons. The zero-order valence-corrected chi connectivity index (χ0v) is 10.6. The summed E-state index contributed by atoms with van der Waals surface area (Å²) in [5.74, 6) is -0.188. The fourth-order valence-electron chi connectivity index (χ4n) is 2.25. The van der Waals surface area contributed by atoms with Crippen molar-refractivity contribution >= 4 is 23.3 Å². The Morgan fingerprint density at radius 1 is 1.47 bits per heavy atom. The van der Waals surface area contributed by atoms with Gasteiger partial charge in [-0.2, -0.15) is 0 Å². The van der Waals surface area contributed by atoms with E-state index < -0.39 is 5.97 Å². The highest BCUT2D eigenvalue weighted by Crippen LogP contribution is 2.30. The largest absolute Gasteiger partial charge is 0.478 e. The lowest BCUT2D eigenvalue weighted by Gasteiger charge is -2.41. The van der Waals surface area contributed by atoms with Gasteiger partial charge in [0, 0.05) is 23.8 Å². The minimum absolute atomic E-state index is 0.256. The van der Waals surface area contributed by atoms with Crippen LogP contribution in [0, 0.1) is 5.92 Å². The third-order valence-corrected chi connectivity index (χ3v) is 3.37. The van der Waals surface area contributed by atoms with E-state index in [1.807, 2.05) is 6.07 Å². The Morgan fingerprint density at radius 3 is 2.76 bits per heavy atom. The average Bonchev–Trinajstić information content (AvgIpc) is 2.21. The van der Waals surface area contributed by atoms with Crippen molar-refractivity contribution in [2.24, 2.45) is 5.92 Å². The van der Waals surface area contributed by atoms with Gasteiger partial charge in [-0.1, -0.05) is 24.9 Å². The third kappa shape index (κ3) is 2.72. The van der Waals surface area contributed by atoms with Crippen LogP contribution < -0.4 is 4.90 Å². The van der Waals surface area contributed by atoms with E-state index >= 15 is 0 Å². The number of carboxylic acids is 1. The van der Waals surface area contributed by atoms with Crippen molar-refractivity contribution in [2.45, 2.75) is 19.8 Å². The molecule has 0 spiro atoms. The molecule has 3 nitrogen and oxygen atoms in total. The molecule has 1 saturated heterocycles. The summed E-state index contributed by atoms with van der Waals surface area (Å²) in [5.41, 5.74) is 1.17. The molecule has 0 unspecified atom stereocenters. The molecule has 1 N–H and O–H groups in total. The Balaban J connectivity index is 2.10. The van der Waals surface area contributed by atoms with Gasteiger partial charge in [0.05, 0.1) is 5.56 Å². The normalized spacial score (nSPS) is 15.8. The maximum atomic E-state index is 10.9. The van der Waals surface area contributed by atoms with Crippen molar-refractivity contribution in [1.82, 2.24) is 0 Å². The Kier molecular flexibility index (Phi) is 3.57. The lowest BCUT2D eigenvalue weighted by atomic mass is 9.94. The van der Waals surface area contributed by atoms with Gasteiger partial charge in [-0.15, -0.1) is 0 Å². The average molecular weight is 254 g/mol. The first-order valence-electron chi connectivity index (χ1n) is 5.89. The fraction of sp³-hybridized carbons (Fsp3) is 0.462. The molecule has 1 aliphatic rings. The number of benzene rings is 1. The highest BCUT2D eigenvalue weighted by molar-refractivity contribution is 6.31. The summed E-state index contributed by atoms with van der Waals surface area (Å²) in [4.78, 5) is 13.1. The summed E-state index contributed by atoms with van der Waals surface area (Å²) in [7, 11) is 0. The number of aromatic carboxylic acids is 1. The lowest BCUT2D eigenvalue weighted by molar-refractivity contribution is 0.0697. The summed E-state index contributed by atoms with van der Waals surface area (Å²) in [6, 6.07) is 5.00. The number of hydrogen-bond acceptors (Lipinski definition) is 2. The molecule has 0 radical (unpaired) electrons. The van der Waals surface area contributed by atoms with E-state index in [9.17, 15) is 4.79 Å². The van der Waals surface area contributed by atoms with Crippen molar-refractivity contribution in [3.05, 3.63) is 28.8 Å². The van der Waals surface area contributed by atoms with Crippen molar-refractivity contribution < 1.29 is 9.90 Å². The number of halogens is 1. The van der Waals surface area contributed by atoms with E-state index in [0.29, 0.717) is 5.02 Å². The van der Waals surface area contributed by atoms with Gasteiger partial charge in [0.1, 0.15) is 0 Å². The molecule has 17 heavy (non-hydrogen) atoms. The molecule has 1 aromatic carbocycles. The molecule has 0 aromatic heterocycles. The number of rotatable bonds is 4. The molecule has 0 amide bonds. The molecule has 0 atom stereocenters. The molecule has 1 heterocycles. The first-order valence-corrected chi connectivity index (χ1v) is 6.26. The van der Waals surface area contributed by atoms with Gasteiger partial charge < -0.3 is 10.0 Å². The molecule has 0 bridgehead atoms. The van der Waals surface area contributed by atoms with Crippen LogP contribution in [0.15, 0.2) is 18.2 Å². The molecule has 1 aromatic rings. The Bertz CT molecular complexity index is 427. The zero-order chi connectivity index (χ0) is 12.4. The van der Waals surface area contributed by atoms with Crippen molar-refractivity contribution in [1.29, 1.82) is 0 Å². The van der Waals surface area contributed by atoms with Crippen LogP contribution in [0.5, 0.6) is 0 Å². The monoisotopic (exact) mass is 253 g/mol. The van der Waals surface area contributed by atoms with Gasteiger partial charge in [0.25, 0.3) is 0 Å². The van der Waals surface area contributed by atoms with E-state index in [1.165, 1.54) is 18.9 Å². The molecular weight excluding hydrogens is 238 g/mol. The van der Waals surface area contributed by atoms with Gasteiger partial charge in [-0.25, -0.2) is 4.79 Å². The summed E-state index contributed by atoms with van der Waals surface area (Å²) in [5, 5.41) is 9.45. The van der Waals surface area contributed by atoms with Crippen LogP contribution in [0.1, 0.15) is 30.1 Å². The van der Waals surface area contributed by atoms with E-state index in [1.54, 1.807) is 6.07 Å². The Labute approximate surface area is 106 Å². The third-order valence-electron chi connectivity index (χ3n) is 3.15.